The summed E-state index contributed by atoms with van der Waals surface area (Å²) in [5.41, 5.74) is 2.34. The molecular weight excluding hydrogens is 250 g/mol. The second kappa shape index (κ2) is 7.65. The molecule has 1 aromatic carbocycles. The van der Waals surface area contributed by atoms with Gasteiger partial charge in [0.2, 0.25) is 0 Å². The van der Waals surface area contributed by atoms with Gasteiger partial charge in [0.25, 0.3) is 0 Å². The van der Waals surface area contributed by atoms with Crippen LogP contribution in [0.5, 0.6) is 5.75 Å². The first-order valence-electron chi connectivity index (χ1n) is 7.37. The van der Waals surface area contributed by atoms with Crippen LogP contribution in [0.3, 0.4) is 0 Å². The molecule has 3 nitrogen and oxygen atoms in total. The molecule has 114 valence electrons. The molecule has 0 spiro atoms. The van der Waals surface area contributed by atoms with Crippen LogP contribution in [0.25, 0.3) is 0 Å². The second-order valence-electron chi connectivity index (χ2n) is 6.46. The van der Waals surface area contributed by atoms with Crippen LogP contribution >= 0.6 is 0 Å². The van der Waals surface area contributed by atoms with Gasteiger partial charge in [-0.25, -0.2) is 0 Å². The van der Waals surface area contributed by atoms with Gasteiger partial charge in [-0.3, -0.25) is 0 Å². The summed E-state index contributed by atoms with van der Waals surface area (Å²) in [6, 6.07) is 6.77. The standard InChI is InChI=1S/C17H29NO2/c1-13(2)18-12-15-11-14(3)7-8-16(15)19-9-10-20-17(4,5)6/h7-8,11,13,18H,9-10,12H2,1-6H3. The normalized spacial score (nSPS) is 11.9. The Labute approximate surface area is 123 Å². The first-order valence-corrected chi connectivity index (χ1v) is 7.37. The summed E-state index contributed by atoms with van der Waals surface area (Å²) in [7, 11) is 0. The van der Waals surface area contributed by atoms with Crippen LogP contribution in [0.15, 0.2) is 18.2 Å². The zero-order chi connectivity index (χ0) is 15.2. The molecule has 0 amide bonds. The van der Waals surface area contributed by atoms with E-state index in [4.69, 9.17) is 9.47 Å². The minimum absolute atomic E-state index is 0.112. The van der Waals surface area contributed by atoms with Gasteiger partial charge >= 0.3 is 0 Å². The molecule has 0 aliphatic heterocycles. The Morgan fingerprint density at radius 2 is 1.85 bits per heavy atom. The average Bonchev–Trinajstić information content (AvgIpc) is 2.32. The highest BCUT2D eigenvalue weighted by Gasteiger charge is 2.10. The van der Waals surface area contributed by atoms with E-state index in [0.717, 1.165) is 12.3 Å². The van der Waals surface area contributed by atoms with Crippen molar-refractivity contribution >= 4 is 0 Å². The first kappa shape index (κ1) is 17.0. The largest absolute Gasteiger partial charge is 0.491 e. The van der Waals surface area contributed by atoms with Gasteiger partial charge in [-0.1, -0.05) is 31.5 Å². The summed E-state index contributed by atoms with van der Waals surface area (Å²) in [6.45, 7) is 14.6. The summed E-state index contributed by atoms with van der Waals surface area (Å²) in [5, 5.41) is 3.43. The maximum atomic E-state index is 5.85. The fourth-order valence-electron chi connectivity index (χ4n) is 1.80. The highest BCUT2D eigenvalue weighted by Crippen LogP contribution is 2.20. The van der Waals surface area contributed by atoms with Crippen LogP contribution in [-0.4, -0.2) is 24.9 Å². The molecular formula is C17H29NO2. The Hall–Kier alpha value is -1.06. The highest BCUT2D eigenvalue weighted by molar-refractivity contribution is 5.36. The third-order valence-electron chi connectivity index (χ3n) is 2.79. The second-order valence-corrected chi connectivity index (χ2v) is 6.46. The molecule has 3 heteroatoms. The van der Waals surface area contributed by atoms with Gasteiger partial charge in [-0.2, -0.15) is 0 Å². The molecule has 0 saturated heterocycles. The molecule has 20 heavy (non-hydrogen) atoms. The van der Waals surface area contributed by atoms with Gasteiger partial charge in [-0.15, -0.1) is 0 Å². The first-order chi connectivity index (χ1) is 9.28. The molecule has 0 radical (unpaired) electrons. The molecule has 0 unspecified atom stereocenters. The number of benzene rings is 1. The van der Waals surface area contributed by atoms with E-state index >= 15 is 0 Å². The Morgan fingerprint density at radius 1 is 1.15 bits per heavy atom. The van der Waals surface area contributed by atoms with Crippen LogP contribution in [0, 0.1) is 6.92 Å². The lowest BCUT2D eigenvalue weighted by molar-refractivity contribution is -0.0164. The highest BCUT2D eigenvalue weighted by atomic mass is 16.5. The van der Waals surface area contributed by atoms with Crippen molar-refractivity contribution in [2.24, 2.45) is 0 Å². The SMILES string of the molecule is Cc1ccc(OCCOC(C)(C)C)c(CNC(C)C)c1. The monoisotopic (exact) mass is 279 g/mol. The Kier molecular flexibility index (Phi) is 6.50. The van der Waals surface area contributed by atoms with Crippen LogP contribution in [0.4, 0.5) is 0 Å². The van der Waals surface area contributed by atoms with Crippen molar-refractivity contribution in [1.29, 1.82) is 0 Å². The number of nitrogens with one attached hydrogen (secondary N) is 1. The Bertz CT molecular complexity index is 408. The van der Waals surface area contributed by atoms with Crippen LogP contribution in [0.1, 0.15) is 45.7 Å². The lowest BCUT2D eigenvalue weighted by atomic mass is 10.1. The minimum Gasteiger partial charge on any atom is -0.491 e. The number of hydrogen-bond donors (Lipinski definition) is 1. The van der Waals surface area contributed by atoms with Gasteiger partial charge in [0.1, 0.15) is 12.4 Å². The van der Waals surface area contributed by atoms with Gasteiger partial charge < -0.3 is 14.8 Å². The lowest BCUT2D eigenvalue weighted by Crippen LogP contribution is -2.24. The molecule has 1 aromatic rings. The van der Waals surface area contributed by atoms with Gasteiger partial charge in [0, 0.05) is 18.2 Å². The predicted molar refractivity (Wildman–Crippen MR) is 84.4 cm³/mol. The van der Waals surface area contributed by atoms with Crippen molar-refractivity contribution in [3.8, 4) is 5.75 Å². The quantitative estimate of drug-likeness (QED) is 0.772. The minimum atomic E-state index is -0.112. The van der Waals surface area contributed by atoms with Crippen LogP contribution in [-0.2, 0) is 11.3 Å². The number of ether oxygens (including phenoxy) is 2. The van der Waals surface area contributed by atoms with E-state index in [1.807, 2.05) is 6.07 Å². The molecule has 0 heterocycles. The zero-order valence-corrected chi connectivity index (χ0v) is 13.7. The zero-order valence-electron chi connectivity index (χ0n) is 13.7. The van der Waals surface area contributed by atoms with E-state index in [0.29, 0.717) is 19.3 Å². The topological polar surface area (TPSA) is 30.5 Å². The summed E-state index contributed by atoms with van der Waals surface area (Å²) in [5.74, 6) is 0.946. The maximum absolute atomic E-state index is 5.85. The fraction of sp³-hybridized carbons (Fsp3) is 0.647. The van der Waals surface area contributed by atoms with Gasteiger partial charge in [-0.05, 0) is 33.8 Å². The summed E-state index contributed by atoms with van der Waals surface area (Å²) < 4.78 is 11.5. The van der Waals surface area contributed by atoms with Crippen molar-refractivity contribution in [3.05, 3.63) is 29.3 Å². The number of aryl methyl sites for hydroxylation is 1. The van der Waals surface area contributed by atoms with Crippen LogP contribution in [0.2, 0.25) is 0 Å². The Balaban J connectivity index is 2.55. The fourth-order valence-corrected chi connectivity index (χ4v) is 1.80. The molecule has 0 fully saturated rings. The molecule has 1 rings (SSSR count). The van der Waals surface area contributed by atoms with E-state index in [1.165, 1.54) is 11.1 Å². The van der Waals surface area contributed by atoms with Gasteiger partial charge in [0.15, 0.2) is 0 Å². The van der Waals surface area contributed by atoms with Crippen molar-refractivity contribution in [2.75, 3.05) is 13.2 Å². The maximum Gasteiger partial charge on any atom is 0.123 e. The van der Waals surface area contributed by atoms with E-state index in [-0.39, 0.29) is 5.60 Å². The lowest BCUT2D eigenvalue weighted by Gasteiger charge is -2.20. The number of hydrogen-bond acceptors (Lipinski definition) is 3. The van der Waals surface area contributed by atoms with Crippen molar-refractivity contribution in [2.45, 2.75) is 59.7 Å². The molecule has 0 aliphatic rings. The van der Waals surface area contributed by atoms with Gasteiger partial charge in [0.05, 0.1) is 12.2 Å². The predicted octanol–water partition coefficient (Wildman–Crippen LogP) is 3.69. The van der Waals surface area contributed by atoms with Crippen molar-refractivity contribution in [1.82, 2.24) is 5.32 Å². The molecule has 0 saturated carbocycles. The number of rotatable bonds is 7. The summed E-state index contributed by atoms with van der Waals surface area (Å²) in [6.07, 6.45) is 0. The third kappa shape index (κ3) is 6.92. The van der Waals surface area contributed by atoms with E-state index in [2.05, 4.69) is 59.0 Å². The van der Waals surface area contributed by atoms with Crippen molar-refractivity contribution in [3.63, 3.8) is 0 Å². The van der Waals surface area contributed by atoms with Crippen LogP contribution < -0.4 is 10.1 Å². The molecule has 0 bridgehead atoms. The Morgan fingerprint density at radius 3 is 2.45 bits per heavy atom. The summed E-state index contributed by atoms with van der Waals surface area (Å²) >= 11 is 0. The van der Waals surface area contributed by atoms with E-state index in [1.54, 1.807) is 0 Å². The van der Waals surface area contributed by atoms with Crippen molar-refractivity contribution < 1.29 is 9.47 Å². The van der Waals surface area contributed by atoms with E-state index < -0.39 is 0 Å². The molecule has 0 atom stereocenters. The smallest absolute Gasteiger partial charge is 0.123 e. The summed E-state index contributed by atoms with van der Waals surface area (Å²) in [4.78, 5) is 0. The molecule has 0 aromatic heterocycles. The average molecular weight is 279 g/mol. The molecule has 0 aliphatic carbocycles. The van der Waals surface area contributed by atoms with E-state index in [9.17, 15) is 0 Å². The third-order valence-corrected chi connectivity index (χ3v) is 2.79. The molecule has 1 N–H and O–H groups in total.